The third-order valence-corrected chi connectivity index (χ3v) is 5.19. The van der Waals surface area contributed by atoms with E-state index in [0.29, 0.717) is 25.7 Å². The molecule has 1 amide bonds. The van der Waals surface area contributed by atoms with Gasteiger partial charge in [-0.1, -0.05) is 12.1 Å². The van der Waals surface area contributed by atoms with Crippen molar-refractivity contribution in [1.82, 2.24) is 14.9 Å². The number of amides is 1. The number of rotatable bonds is 5. The van der Waals surface area contributed by atoms with Gasteiger partial charge in [-0.25, -0.2) is 4.98 Å². The van der Waals surface area contributed by atoms with Crippen molar-refractivity contribution in [2.45, 2.75) is 52.1 Å². The van der Waals surface area contributed by atoms with Crippen LogP contribution >= 0.6 is 0 Å². The van der Waals surface area contributed by atoms with Crippen LogP contribution in [0.25, 0.3) is 11.0 Å². The molecule has 6 heteroatoms. The first-order chi connectivity index (χ1) is 12.0. The Labute approximate surface area is 147 Å². The first-order valence-electron chi connectivity index (χ1n) is 8.99. The third kappa shape index (κ3) is 3.52. The van der Waals surface area contributed by atoms with E-state index in [0.717, 1.165) is 23.4 Å². The Balaban J connectivity index is 1.69. The molecule has 0 spiro atoms. The number of imidazole rings is 1. The van der Waals surface area contributed by atoms with E-state index in [2.05, 4.69) is 21.8 Å². The van der Waals surface area contributed by atoms with E-state index >= 15 is 0 Å². The minimum absolute atomic E-state index is 0.00560. The lowest BCUT2D eigenvalue weighted by molar-refractivity contribution is -0.144. The molecule has 1 saturated carbocycles. The molecule has 1 aromatic carbocycles. The first kappa shape index (κ1) is 17.5. The number of carbonyl (C=O) groups excluding carboxylic acids is 1. The van der Waals surface area contributed by atoms with E-state index < -0.39 is 5.97 Å². The van der Waals surface area contributed by atoms with Crippen LogP contribution in [0.15, 0.2) is 24.3 Å². The van der Waals surface area contributed by atoms with Gasteiger partial charge in [0.05, 0.1) is 23.0 Å². The monoisotopic (exact) mass is 343 g/mol. The van der Waals surface area contributed by atoms with Gasteiger partial charge < -0.3 is 15.0 Å². The number of hydrogen-bond donors (Lipinski definition) is 2. The van der Waals surface area contributed by atoms with Crippen LogP contribution in [0.3, 0.4) is 0 Å². The average molecular weight is 343 g/mol. The van der Waals surface area contributed by atoms with Crippen molar-refractivity contribution in [1.29, 1.82) is 0 Å². The van der Waals surface area contributed by atoms with Gasteiger partial charge in [0.2, 0.25) is 5.91 Å². The maximum Gasteiger partial charge on any atom is 0.306 e. The highest BCUT2D eigenvalue weighted by molar-refractivity contribution is 5.80. The Kier molecular flexibility index (Phi) is 5.06. The van der Waals surface area contributed by atoms with E-state index in [1.165, 1.54) is 0 Å². The number of nitrogens with one attached hydrogen (secondary N) is 1. The van der Waals surface area contributed by atoms with Gasteiger partial charge >= 0.3 is 5.97 Å². The summed E-state index contributed by atoms with van der Waals surface area (Å²) < 4.78 is 2.13. The highest BCUT2D eigenvalue weighted by Gasteiger charge is 2.30. The van der Waals surface area contributed by atoms with Crippen molar-refractivity contribution < 1.29 is 14.7 Å². The number of carboxylic acids is 1. The van der Waals surface area contributed by atoms with Crippen LogP contribution in [-0.2, 0) is 16.1 Å². The summed E-state index contributed by atoms with van der Waals surface area (Å²) in [4.78, 5) is 28.3. The second-order valence-electron chi connectivity index (χ2n) is 6.82. The second-order valence-corrected chi connectivity index (χ2v) is 6.82. The van der Waals surface area contributed by atoms with E-state index in [9.17, 15) is 9.59 Å². The van der Waals surface area contributed by atoms with Gasteiger partial charge in [0.25, 0.3) is 0 Å². The first-order valence-corrected chi connectivity index (χ1v) is 8.99. The van der Waals surface area contributed by atoms with Crippen LogP contribution in [0, 0.1) is 11.8 Å². The fraction of sp³-hybridized carbons (Fsp3) is 0.526. The lowest BCUT2D eigenvalue weighted by Crippen LogP contribution is -2.36. The van der Waals surface area contributed by atoms with Crippen molar-refractivity contribution in [2.24, 2.45) is 11.8 Å². The number of benzene rings is 1. The van der Waals surface area contributed by atoms with Crippen LogP contribution < -0.4 is 5.32 Å². The Morgan fingerprint density at radius 1 is 1.24 bits per heavy atom. The molecule has 6 nitrogen and oxygen atoms in total. The molecule has 0 bridgehead atoms. The summed E-state index contributed by atoms with van der Waals surface area (Å²) in [7, 11) is 0. The molecule has 25 heavy (non-hydrogen) atoms. The van der Waals surface area contributed by atoms with Crippen LogP contribution in [0.1, 0.15) is 51.4 Å². The summed E-state index contributed by atoms with van der Waals surface area (Å²) in [6.45, 7) is 4.81. The van der Waals surface area contributed by atoms with Gasteiger partial charge in [-0.3, -0.25) is 9.59 Å². The van der Waals surface area contributed by atoms with E-state index in [1.54, 1.807) is 0 Å². The van der Waals surface area contributed by atoms with Crippen molar-refractivity contribution in [2.75, 3.05) is 0 Å². The molecule has 1 aliphatic rings. The summed E-state index contributed by atoms with van der Waals surface area (Å²) in [5, 5.41) is 12.1. The van der Waals surface area contributed by atoms with Gasteiger partial charge in [0.1, 0.15) is 5.82 Å². The number of nitrogens with zero attached hydrogens (tertiary/aromatic N) is 2. The number of aromatic nitrogens is 2. The third-order valence-electron chi connectivity index (χ3n) is 5.19. The summed E-state index contributed by atoms with van der Waals surface area (Å²) in [6.07, 6.45) is 2.43. The number of hydrogen-bond acceptors (Lipinski definition) is 3. The number of aliphatic carboxylic acids is 1. The molecule has 3 rings (SSSR count). The summed E-state index contributed by atoms with van der Waals surface area (Å²) in [6, 6.07) is 7.79. The quantitative estimate of drug-likeness (QED) is 0.873. The molecule has 0 aliphatic heterocycles. The zero-order chi connectivity index (χ0) is 18.0. The normalized spacial score (nSPS) is 21.8. The highest BCUT2D eigenvalue weighted by atomic mass is 16.4. The molecule has 0 radical (unpaired) electrons. The average Bonchev–Trinajstić information content (AvgIpc) is 3.00. The zero-order valence-corrected chi connectivity index (χ0v) is 14.7. The molecule has 2 N–H and O–H groups in total. The van der Waals surface area contributed by atoms with Gasteiger partial charge in [-0.15, -0.1) is 0 Å². The van der Waals surface area contributed by atoms with Crippen molar-refractivity contribution in [3.63, 3.8) is 0 Å². The second kappa shape index (κ2) is 7.25. The standard InChI is InChI=1S/C19H25N3O3/c1-3-22-16-7-5-4-6-15(16)21-17(22)12(2)20-18(23)13-8-10-14(11-9-13)19(24)25/h4-7,12-14H,3,8-11H2,1-2H3,(H,20,23)(H,24,25). The SMILES string of the molecule is CCn1c(C(C)NC(=O)C2CCC(C(=O)O)CC2)nc2ccccc21. The number of carbonyl (C=O) groups is 2. The minimum Gasteiger partial charge on any atom is -0.481 e. The number of aryl methyl sites for hydroxylation is 1. The predicted molar refractivity (Wildman–Crippen MR) is 95.0 cm³/mol. The lowest BCUT2D eigenvalue weighted by atomic mass is 9.81. The Hall–Kier alpha value is -2.37. The highest BCUT2D eigenvalue weighted by Crippen LogP contribution is 2.30. The van der Waals surface area contributed by atoms with Crippen LogP contribution in [0.5, 0.6) is 0 Å². The fourth-order valence-electron chi connectivity index (χ4n) is 3.76. The molecule has 1 atom stereocenters. The largest absolute Gasteiger partial charge is 0.481 e. The Bertz CT molecular complexity index is 775. The predicted octanol–water partition coefficient (Wildman–Crippen LogP) is 3.12. The van der Waals surface area contributed by atoms with Gasteiger partial charge in [0, 0.05) is 12.5 Å². The molecule has 134 valence electrons. The maximum absolute atomic E-state index is 12.6. The molecule has 1 fully saturated rings. The van der Waals surface area contributed by atoms with Crippen molar-refractivity contribution in [3.05, 3.63) is 30.1 Å². The van der Waals surface area contributed by atoms with Crippen molar-refractivity contribution >= 4 is 22.9 Å². The molecule has 1 aromatic heterocycles. The molecular weight excluding hydrogens is 318 g/mol. The summed E-state index contributed by atoms with van der Waals surface area (Å²) in [5.41, 5.74) is 2.01. The van der Waals surface area contributed by atoms with E-state index in [1.807, 2.05) is 31.2 Å². The molecular formula is C19H25N3O3. The van der Waals surface area contributed by atoms with E-state index in [-0.39, 0.29) is 23.8 Å². The van der Waals surface area contributed by atoms with E-state index in [4.69, 9.17) is 5.11 Å². The molecule has 0 saturated heterocycles. The van der Waals surface area contributed by atoms with Crippen LogP contribution in [0.4, 0.5) is 0 Å². The minimum atomic E-state index is -0.746. The zero-order valence-electron chi connectivity index (χ0n) is 14.7. The molecule has 1 heterocycles. The van der Waals surface area contributed by atoms with Crippen LogP contribution in [-0.4, -0.2) is 26.5 Å². The number of para-hydroxylation sites is 2. The van der Waals surface area contributed by atoms with Crippen molar-refractivity contribution in [3.8, 4) is 0 Å². The number of carboxylic acid groups (broad SMARTS) is 1. The molecule has 2 aromatic rings. The molecule has 1 aliphatic carbocycles. The maximum atomic E-state index is 12.6. The lowest BCUT2D eigenvalue weighted by Gasteiger charge is -2.26. The number of fused-ring (bicyclic) bond motifs is 1. The molecule has 1 unspecified atom stereocenters. The topological polar surface area (TPSA) is 84.2 Å². The summed E-state index contributed by atoms with van der Waals surface area (Å²) in [5.74, 6) is -0.283. The van der Waals surface area contributed by atoms with Gasteiger partial charge in [-0.05, 0) is 51.7 Å². The Morgan fingerprint density at radius 2 is 1.88 bits per heavy atom. The summed E-state index contributed by atoms with van der Waals surface area (Å²) >= 11 is 0. The van der Waals surface area contributed by atoms with Gasteiger partial charge in [0.15, 0.2) is 0 Å². The Morgan fingerprint density at radius 3 is 2.52 bits per heavy atom. The smallest absolute Gasteiger partial charge is 0.306 e. The van der Waals surface area contributed by atoms with Gasteiger partial charge in [-0.2, -0.15) is 0 Å². The fourth-order valence-corrected chi connectivity index (χ4v) is 3.76. The van der Waals surface area contributed by atoms with Crippen LogP contribution in [0.2, 0.25) is 0 Å².